The molecule has 1 heterocycles. The molecule has 31 heavy (non-hydrogen) atoms. The number of piperidine rings is 1. The van der Waals surface area contributed by atoms with Gasteiger partial charge in [0.25, 0.3) is 0 Å². The number of nitrogen functional groups attached to an aromatic ring is 2. The van der Waals surface area contributed by atoms with Crippen molar-refractivity contribution in [2.24, 2.45) is 11.5 Å². The summed E-state index contributed by atoms with van der Waals surface area (Å²) in [6, 6.07) is 15.9. The number of ether oxygens (including phenoxy) is 1. The van der Waals surface area contributed by atoms with Crippen molar-refractivity contribution in [1.29, 1.82) is 10.8 Å². The minimum atomic E-state index is 0. The third-order valence-electron chi connectivity index (χ3n) is 5.45. The number of hydrogen-bond donors (Lipinski definition) is 5. The predicted molar refractivity (Wildman–Crippen MR) is 129 cm³/mol. The second kappa shape index (κ2) is 12.3. The SMILES string of the molecule is Cl.N=C(N)c1ccc(CN2CCC(NCCCOc3ccc(C(=N)N)cc3)CC2)cc1. The third-order valence-corrected chi connectivity index (χ3v) is 5.45. The Bertz CT molecular complexity index is 832. The Balaban J connectivity index is 0.00000341. The van der Waals surface area contributed by atoms with Crippen LogP contribution in [0.5, 0.6) is 5.75 Å². The Morgan fingerprint density at radius 2 is 1.48 bits per heavy atom. The Labute approximate surface area is 190 Å². The van der Waals surface area contributed by atoms with E-state index in [-0.39, 0.29) is 24.1 Å². The van der Waals surface area contributed by atoms with E-state index in [9.17, 15) is 0 Å². The van der Waals surface area contributed by atoms with Gasteiger partial charge in [-0.05, 0) is 68.7 Å². The molecule has 0 unspecified atom stereocenters. The summed E-state index contributed by atoms with van der Waals surface area (Å²) in [5.74, 6) is 0.997. The van der Waals surface area contributed by atoms with Crippen molar-refractivity contribution in [3.63, 3.8) is 0 Å². The second-order valence-electron chi connectivity index (χ2n) is 7.76. The van der Waals surface area contributed by atoms with E-state index in [0.717, 1.165) is 56.8 Å². The van der Waals surface area contributed by atoms with Crippen molar-refractivity contribution < 1.29 is 4.74 Å². The molecule has 1 aliphatic rings. The average molecular weight is 445 g/mol. The number of hydrogen-bond acceptors (Lipinski definition) is 5. The van der Waals surface area contributed by atoms with Crippen LogP contribution in [0.3, 0.4) is 0 Å². The molecule has 3 rings (SSSR count). The standard InChI is InChI=1S/C23H32N6O.ClH/c24-22(25)18-4-2-17(3-5-18)16-29-13-10-20(11-14-29)28-12-1-15-30-21-8-6-19(7-9-21)23(26)27;/h2-9,20,28H,1,10-16H2,(H3,24,25)(H3,26,27);1H. The molecular formula is C23H33ClN6O. The third kappa shape index (κ3) is 7.86. The maximum absolute atomic E-state index is 7.47. The molecular weight excluding hydrogens is 412 g/mol. The van der Waals surface area contributed by atoms with E-state index in [1.807, 2.05) is 24.3 Å². The molecule has 168 valence electrons. The Kier molecular flexibility index (Phi) is 9.78. The average Bonchev–Trinajstić information content (AvgIpc) is 2.75. The number of amidine groups is 2. The Hall–Kier alpha value is -2.61. The highest BCUT2D eigenvalue weighted by atomic mass is 35.5. The van der Waals surface area contributed by atoms with Gasteiger partial charge in [0.15, 0.2) is 0 Å². The van der Waals surface area contributed by atoms with Crippen LogP contribution in [0.15, 0.2) is 48.5 Å². The fraction of sp³-hybridized carbons (Fsp3) is 0.391. The number of halogens is 1. The lowest BCUT2D eigenvalue weighted by atomic mass is 10.0. The molecule has 0 bridgehead atoms. The van der Waals surface area contributed by atoms with Crippen LogP contribution >= 0.6 is 12.4 Å². The van der Waals surface area contributed by atoms with Gasteiger partial charge in [0.1, 0.15) is 17.4 Å². The van der Waals surface area contributed by atoms with Gasteiger partial charge in [-0.3, -0.25) is 15.7 Å². The van der Waals surface area contributed by atoms with E-state index in [2.05, 4.69) is 22.3 Å². The first-order chi connectivity index (χ1) is 14.5. The zero-order valence-electron chi connectivity index (χ0n) is 17.8. The van der Waals surface area contributed by atoms with E-state index < -0.39 is 0 Å². The van der Waals surface area contributed by atoms with Gasteiger partial charge < -0.3 is 21.5 Å². The first kappa shape index (κ1) is 24.7. The topological polar surface area (TPSA) is 124 Å². The van der Waals surface area contributed by atoms with Gasteiger partial charge in [-0.15, -0.1) is 12.4 Å². The van der Waals surface area contributed by atoms with Crippen molar-refractivity contribution >= 4 is 24.1 Å². The molecule has 0 atom stereocenters. The van der Waals surface area contributed by atoms with Crippen molar-refractivity contribution in [3.05, 3.63) is 65.2 Å². The highest BCUT2D eigenvalue weighted by molar-refractivity contribution is 5.95. The van der Waals surface area contributed by atoms with Crippen molar-refractivity contribution in [2.75, 3.05) is 26.2 Å². The molecule has 2 aromatic carbocycles. The van der Waals surface area contributed by atoms with Crippen molar-refractivity contribution in [1.82, 2.24) is 10.2 Å². The highest BCUT2D eigenvalue weighted by Gasteiger charge is 2.18. The second-order valence-corrected chi connectivity index (χ2v) is 7.76. The molecule has 7 nitrogen and oxygen atoms in total. The molecule has 7 N–H and O–H groups in total. The van der Waals surface area contributed by atoms with Gasteiger partial charge in [-0.1, -0.05) is 24.3 Å². The largest absolute Gasteiger partial charge is 0.494 e. The van der Waals surface area contributed by atoms with Crippen LogP contribution in [0.4, 0.5) is 0 Å². The normalized spacial score (nSPS) is 14.6. The van der Waals surface area contributed by atoms with Gasteiger partial charge >= 0.3 is 0 Å². The summed E-state index contributed by atoms with van der Waals surface area (Å²) in [7, 11) is 0. The first-order valence-corrected chi connectivity index (χ1v) is 10.5. The highest BCUT2D eigenvalue weighted by Crippen LogP contribution is 2.15. The van der Waals surface area contributed by atoms with Gasteiger partial charge in [0.2, 0.25) is 0 Å². The number of likely N-dealkylation sites (tertiary alicyclic amines) is 1. The fourth-order valence-electron chi connectivity index (χ4n) is 3.64. The summed E-state index contributed by atoms with van der Waals surface area (Å²) in [5.41, 5.74) is 13.7. The summed E-state index contributed by atoms with van der Waals surface area (Å²) < 4.78 is 5.76. The van der Waals surface area contributed by atoms with Gasteiger partial charge in [0, 0.05) is 23.7 Å². The molecule has 0 spiro atoms. The summed E-state index contributed by atoms with van der Waals surface area (Å²) >= 11 is 0. The lowest BCUT2D eigenvalue weighted by molar-refractivity contribution is 0.189. The number of nitrogens with zero attached hydrogens (tertiary/aromatic N) is 1. The Morgan fingerprint density at radius 3 is 2.03 bits per heavy atom. The molecule has 1 aliphatic heterocycles. The van der Waals surface area contributed by atoms with E-state index in [4.69, 9.17) is 27.0 Å². The van der Waals surface area contributed by atoms with Crippen LogP contribution in [0.2, 0.25) is 0 Å². The smallest absolute Gasteiger partial charge is 0.122 e. The van der Waals surface area contributed by atoms with E-state index in [0.29, 0.717) is 18.2 Å². The molecule has 8 heteroatoms. The summed E-state index contributed by atoms with van der Waals surface area (Å²) in [4.78, 5) is 2.48. The lowest BCUT2D eigenvalue weighted by Gasteiger charge is -2.32. The monoisotopic (exact) mass is 444 g/mol. The molecule has 0 amide bonds. The zero-order chi connectivity index (χ0) is 21.3. The molecule has 0 aliphatic carbocycles. The van der Waals surface area contributed by atoms with Gasteiger partial charge in [-0.2, -0.15) is 0 Å². The van der Waals surface area contributed by atoms with Gasteiger partial charge in [0.05, 0.1) is 6.61 Å². The van der Waals surface area contributed by atoms with E-state index >= 15 is 0 Å². The van der Waals surface area contributed by atoms with Crippen LogP contribution < -0.4 is 21.5 Å². The molecule has 1 fully saturated rings. The van der Waals surface area contributed by atoms with Crippen LogP contribution in [0.25, 0.3) is 0 Å². The van der Waals surface area contributed by atoms with Crippen LogP contribution in [0.1, 0.15) is 36.0 Å². The number of nitrogens with one attached hydrogen (secondary N) is 3. The van der Waals surface area contributed by atoms with E-state index in [1.165, 1.54) is 5.56 Å². The summed E-state index contributed by atoms with van der Waals surface area (Å²) in [6.45, 7) is 4.74. The van der Waals surface area contributed by atoms with E-state index in [1.54, 1.807) is 12.1 Å². The maximum atomic E-state index is 7.47. The predicted octanol–water partition coefficient (Wildman–Crippen LogP) is 2.70. The number of nitrogens with two attached hydrogens (primary N) is 2. The minimum absolute atomic E-state index is 0. The quantitative estimate of drug-likeness (QED) is 0.219. The maximum Gasteiger partial charge on any atom is 0.122 e. The fourth-order valence-corrected chi connectivity index (χ4v) is 3.64. The molecule has 1 saturated heterocycles. The summed E-state index contributed by atoms with van der Waals surface area (Å²) in [5, 5.41) is 18.5. The van der Waals surface area contributed by atoms with Crippen molar-refractivity contribution in [3.8, 4) is 5.75 Å². The van der Waals surface area contributed by atoms with Crippen LogP contribution in [0, 0.1) is 10.8 Å². The lowest BCUT2D eigenvalue weighted by Crippen LogP contribution is -2.42. The Morgan fingerprint density at radius 1 is 0.935 bits per heavy atom. The summed E-state index contributed by atoms with van der Waals surface area (Å²) in [6.07, 6.45) is 3.26. The number of benzene rings is 2. The zero-order valence-corrected chi connectivity index (χ0v) is 18.6. The molecule has 0 aromatic heterocycles. The molecule has 2 aromatic rings. The molecule has 0 radical (unpaired) electrons. The van der Waals surface area contributed by atoms with Gasteiger partial charge in [-0.25, -0.2) is 0 Å². The number of rotatable bonds is 10. The van der Waals surface area contributed by atoms with Crippen molar-refractivity contribution in [2.45, 2.75) is 31.8 Å². The van der Waals surface area contributed by atoms with Crippen LogP contribution in [-0.4, -0.2) is 48.9 Å². The van der Waals surface area contributed by atoms with Crippen LogP contribution in [-0.2, 0) is 6.54 Å². The molecule has 0 saturated carbocycles. The first-order valence-electron chi connectivity index (χ1n) is 10.5. The minimum Gasteiger partial charge on any atom is -0.494 e.